The third-order valence-electron chi connectivity index (χ3n) is 6.32. The Morgan fingerprint density at radius 1 is 1.29 bits per heavy atom. The van der Waals surface area contributed by atoms with E-state index in [0.717, 1.165) is 16.7 Å². The van der Waals surface area contributed by atoms with Crippen molar-refractivity contribution in [2.45, 2.75) is 58.0 Å². The van der Waals surface area contributed by atoms with Crippen LogP contribution in [0.3, 0.4) is 0 Å². The topological polar surface area (TPSA) is 79.2 Å². The van der Waals surface area contributed by atoms with E-state index in [2.05, 4.69) is 4.90 Å². The smallest absolute Gasteiger partial charge is 0.330 e. The van der Waals surface area contributed by atoms with E-state index in [1.165, 1.54) is 6.08 Å². The van der Waals surface area contributed by atoms with Gasteiger partial charge in [-0.3, -0.25) is 4.90 Å². The van der Waals surface area contributed by atoms with E-state index in [0.29, 0.717) is 38.1 Å². The van der Waals surface area contributed by atoms with Gasteiger partial charge in [-0.1, -0.05) is 36.4 Å². The first kappa shape index (κ1) is 27.0. The fourth-order valence-corrected chi connectivity index (χ4v) is 4.48. The molecule has 2 N–H and O–H groups in total. The Kier molecular flexibility index (Phi) is 9.98. The molecule has 2 aromatic rings. The van der Waals surface area contributed by atoms with Crippen LogP contribution in [0.25, 0.3) is 6.08 Å². The molecule has 0 radical (unpaired) electrons. The molecule has 35 heavy (non-hydrogen) atoms. The molecule has 190 valence electrons. The summed E-state index contributed by atoms with van der Waals surface area (Å²) in [6.45, 7) is 6.65. The standard InChI is InChI=1S/C28H36FNO5/c1-4-34-28(33)12-11-22-7-5-6-8-26(22)20(3)35-18-25(32)17-30-16-24(31)15-23(30)13-21-10-9-19(2)27(29)14-21/h5-12,14,20,23-25,31-32H,4,13,15-18H2,1-3H3/b12-11+/t20-,23-,24-,25-/m1/s1. The lowest BCUT2D eigenvalue weighted by atomic mass is 10.0. The van der Waals surface area contributed by atoms with Crippen molar-refractivity contribution in [2.24, 2.45) is 0 Å². The van der Waals surface area contributed by atoms with Crippen LogP contribution in [0.15, 0.2) is 48.5 Å². The molecule has 0 amide bonds. The van der Waals surface area contributed by atoms with E-state index in [1.807, 2.05) is 37.3 Å². The number of aryl methyl sites for hydroxylation is 1. The first-order valence-electron chi connectivity index (χ1n) is 12.2. The van der Waals surface area contributed by atoms with Gasteiger partial charge in [0.1, 0.15) is 5.82 Å². The first-order valence-corrected chi connectivity index (χ1v) is 12.2. The number of ether oxygens (including phenoxy) is 2. The summed E-state index contributed by atoms with van der Waals surface area (Å²) in [5.41, 5.74) is 3.23. The number of carbonyl (C=O) groups excluding carboxylic acids is 1. The summed E-state index contributed by atoms with van der Waals surface area (Å²) in [5.74, 6) is -0.630. The number of rotatable bonds is 11. The van der Waals surface area contributed by atoms with Gasteiger partial charge in [0.15, 0.2) is 0 Å². The van der Waals surface area contributed by atoms with Gasteiger partial charge in [-0.05, 0) is 68.0 Å². The van der Waals surface area contributed by atoms with E-state index in [9.17, 15) is 19.4 Å². The van der Waals surface area contributed by atoms with E-state index in [1.54, 1.807) is 32.1 Å². The van der Waals surface area contributed by atoms with Crippen molar-refractivity contribution < 1.29 is 28.9 Å². The Labute approximate surface area is 207 Å². The molecule has 1 aliphatic rings. The van der Waals surface area contributed by atoms with Crippen LogP contribution in [-0.4, -0.2) is 65.6 Å². The van der Waals surface area contributed by atoms with Crippen LogP contribution in [0.1, 0.15) is 48.6 Å². The minimum Gasteiger partial charge on any atom is -0.463 e. The van der Waals surface area contributed by atoms with Crippen LogP contribution in [0.4, 0.5) is 4.39 Å². The maximum atomic E-state index is 14.0. The van der Waals surface area contributed by atoms with Gasteiger partial charge in [-0.25, -0.2) is 9.18 Å². The molecule has 3 rings (SSSR count). The second-order valence-corrected chi connectivity index (χ2v) is 9.13. The van der Waals surface area contributed by atoms with E-state index in [-0.39, 0.29) is 24.6 Å². The number of likely N-dealkylation sites (tertiary alicyclic amines) is 1. The zero-order valence-electron chi connectivity index (χ0n) is 20.7. The number of hydrogen-bond donors (Lipinski definition) is 2. The Balaban J connectivity index is 1.56. The first-order chi connectivity index (χ1) is 16.8. The summed E-state index contributed by atoms with van der Waals surface area (Å²) in [7, 11) is 0. The second kappa shape index (κ2) is 12.9. The summed E-state index contributed by atoms with van der Waals surface area (Å²) >= 11 is 0. The quantitative estimate of drug-likeness (QED) is 0.372. The van der Waals surface area contributed by atoms with Gasteiger partial charge in [0.05, 0.1) is 31.5 Å². The predicted octanol–water partition coefficient (Wildman–Crippen LogP) is 3.83. The van der Waals surface area contributed by atoms with Gasteiger partial charge in [-0.15, -0.1) is 0 Å². The number of halogens is 1. The fourth-order valence-electron chi connectivity index (χ4n) is 4.48. The van der Waals surface area contributed by atoms with Crippen molar-refractivity contribution >= 4 is 12.0 Å². The number of β-amino-alcohol motifs (C(OH)–C–C–N with tert-alkyl or cyclic N) is 2. The van der Waals surface area contributed by atoms with Gasteiger partial charge in [0.2, 0.25) is 0 Å². The highest BCUT2D eigenvalue weighted by Gasteiger charge is 2.32. The number of esters is 1. The summed E-state index contributed by atoms with van der Waals surface area (Å²) in [5, 5.41) is 20.9. The monoisotopic (exact) mass is 485 g/mol. The minimum atomic E-state index is -0.748. The second-order valence-electron chi connectivity index (χ2n) is 9.13. The molecule has 1 saturated heterocycles. The highest BCUT2D eigenvalue weighted by molar-refractivity contribution is 5.87. The van der Waals surface area contributed by atoms with Gasteiger partial charge in [0, 0.05) is 25.2 Å². The van der Waals surface area contributed by atoms with Crippen molar-refractivity contribution in [1.29, 1.82) is 0 Å². The van der Waals surface area contributed by atoms with Crippen molar-refractivity contribution in [3.63, 3.8) is 0 Å². The summed E-state index contributed by atoms with van der Waals surface area (Å²) < 4.78 is 24.9. The molecule has 1 aliphatic heterocycles. The van der Waals surface area contributed by atoms with Crippen molar-refractivity contribution in [1.82, 2.24) is 4.90 Å². The molecular formula is C28H36FNO5. The van der Waals surface area contributed by atoms with Crippen LogP contribution < -0.4 is 0 Å². The molecular weight excluding hydrogens is 449 g/mol. The van der Waals surface area contributed by atoms with Crippen LogP contribution in [0.2, 0.25) is 0 Å². The lowest BCUT2D eigenvalue weighted by molar-refractivity contribution is -0.137. The third-order valence-corrected chi connectivity index (χ3v) is 6.32. The largest absolute Gasteiger partial charge is 0.463 e. The highest BCUT2D eigenvalue weighted by atomic mass is 19.1. The molecule has 0 aromatic heterocycles. The Bertz CT molecular complexity index is 1010. The zero-order valence-corrected chi connectivity index (χ0v) is 20.7. The molecule has 2 aromatic carbocycles. The molecule has 0 unspecified atom stereocenters. The summed E-state index contributed by atoms with van der Waals surface area (Å²) in [4.78, 5) is 13.7. The van der Waals surface area contributed by atoms with Crippen LogP contribution >= 0.6 is 0 Å². The summed E-state index contributed by atoms with van der Waals surface area (Å²) in [6.07, 6.45) is 2.76. The number of hydrogen-bond acceptors (Lipinski definition) is 6. The number of carbonyl (C=O) groups is 1. The van der Waals surface area contributed by atoms with Crippen molar-refractivity contribution in [3.8, 4) is 0 Å². The Hall–Kier alpha value is -2.58. The number of nitrogens with zero attached hydrogens (tertiary/aromatic N) is 1. The maximum absolute atomic E-state index is 14.0. The van der Waals surface area contributed by atoms with Crippen LogP contribution in [-0.2, 0) is 20.7 Å². The van der Waals surface area contributed by atoms with Crippen molar-refractivity contribution in [2.75, 3.05) is 26.3 Å². The molecule has 7 heteroatoms. The predicted molar refractivity (Wildman–Crippen MR) is 133 cm³/mol. The minimum absolute atomic E-state index is 0.0212. The van der Waals surface area contributed by atoms with Crippen molar-refractivity contribution in [3.05, 3.63) is 76.6 Å². The molecule has 4 atom stereocenters. The van der Waals surface area contributed by atoms with E-state index in [4.69, 9.17) is 9.47 Å². The van der Waals surface area contributed by atoms with Crippen LogP contribution in [0, 0.1) is 12.7 Å². The molecule has 1 heterocycles. The molecule has 0 spiro atoms. The molecule has 0 aliphatic carbocycles. The lowest BCUT2D eigenvalue weighted by Crippen LogP contribution is -2.39. The lowest BCUT2D eigenvalue weighted by Gasteiger charge is -2.27. The van der Waals surface area contributed by atoms with Gasteiger partial charge >= 0.3 is 5.97 Å². The average Bonchev–Trinajstić information content (AvgIpc) is 3.17. The Morgan fingerprint density at radius 3 is 2.80 bits per heavy atom. The molecule has 6 nitrogen and oxygen atoms in total. The zero-order chi connectivity index (χ0) is 25.4. The summed E-state index contributed by atoms with van der Waals surface area (Å²) in [6, 6.07) is 12.9. The normalized spacial score (nSPS) is 20.3. The molecule has 0 bridgehead atoms. The van der Waals surface area contributed by atoms with Gasteiger partial charge < -0.3 is 19.7 Å². The van der Waals surface area contributed by atoms with E-state index < -0.39 is 18.2 Å². The number of aliphatic hydroxyl groups is 2. The molecule has 1 fully saturated rings. The third kappa shape index (κ3) is 7.97. The van der Waals surface area contributed by atoms with Gasteiger partial charge in [0.25, 0.3) is 0 Å². The SMILES string of the molecule is CCOC(=O)/C=C/c1ccccc1[C@@H](C)OC[C@H](O)CN1C[C@H](O)C[C@H]1Cc1ccc(C)c(F)c1. The Morgan fingerprint density at radius 2 is 2.06 bits per heavy atom. The molecule has 0 saturated carbocycles. The fraction of sp³-hybridized carbons (Fsp3) is 0.464. The maximum Gasteiger partial charge on any atom is 0.330 e. The van der Waals surface area contributed by atoms with Gasteiger partial charge in [-0.2, -0.15) is 0 Å². The highest BCUT2D eigenvalue weighted by Crippen LogP contribution is 2.25. The van der Waals surface area contributed by atoms with E-state index >= 15 is 0 Å². The van der Waals surface area contributed by atoms with Crippen LogP contribution in [0.5, 0.6) is 0 Å². The average molecular weight is 486 g/mol. The number of benzene rings is 2. The number of aliphatic hydroxyl groups excluding tert-OH is 2.